The second-order valence-corrected chi connectivity index (χ2v) is 6.49. The van der Waals surface area contributed by atoms with Gasteiger partial charge in [-0.1, -0.05) is 35.2 Å². The maximum atomic E-state index is 12.6. The zero-order valence-electron chi connectivity index (χ0n) is 11.1. The molecule has 0 unspecified atom stereocenters. The fraction of sp³-hybridized carbons (Fsp3) is 0.467. The monoisotopic (exact) mass is 337 g/mol. The number of benzene rings is 1. The molecule has 1 aromatic carbocycles. The molecule has 3 rings (SSSR count). The van der Waals surface area contributed by atoms with Crippen LogP contribution in [0.25, 0.3) is 0 Å². The van der Waals surface area contributed by atoms with E-state index in [0.717, 1.165) is 23.7 Å². The first-order valence-electron chi connectivity index (χ1n) is 6.88. The summed E-state index contributed by atoms with van der Waals surface area (Å²) < 4.78 is 0.779. The smallest absolute Gasteiger partial charge is 0.262 e. The normalized spacial score (nSPS) is 21.2. The van der Waals surface area contributed by atoms with Crippen LogP contribution in [0, 0.1) is 0 Å². The van der Waals surface area contributed by atoms with E-state index in [-0.39, 0.29) is 18.4 Å². The number of hydrogen-bond donors (Lipinski definition) is 1. The molecule has 0 saturated heterocycles. The van der Waals surface area contributed by atoms with Gasteiger partial charge in [0.1, 0.15) is 0 Å². The first-order chi connectivity index (χ1) is 9.59. The quantitative estimate of drug-likeness (QED) is 0.844. The summed E-state index contributed by atoms with van der Waals surface area (Å²) in [6, 6.07) is 5.12. The Balaban J connectivity index is 2.04. The first kappa shape index (κ1) is 13.8. The molecule has 1 aromatic rings. The number of carbonyl (C=O) groups excluding carboxylic acids is 2. The Labute approximate surface area is 125 Å². The Morgan fingerprint density at radius 1 is 1.10 bits per heavy atom. The average molecular weight is 338 g/mol. The average Bonchev–Trinajstić information content (AvgIpc) is 2.71. The van der Waals surface area contributed by atoms with Crippen LogP contribution < -0.4 is 0 Å². The summed E-state index contributed by atoms with van der Waals surface area (Å²) >= 11 is 3.33. The Kier molecular flexibility index (Phi) is 3.42. The van der Waals surface area contributed by atoms with Crippen LogP contribution >= 0.6 is 15.9 Å². The van der Waals surface area contributed by atoms with Crippen molar-refractivity contribution in [2.45, 2.75) is 37.6 Å². The lowest BCUT2D eigenvalue weighted by Gasteiger charge is -2.41. The Morgan fingerprint density at radius 3 is 2.40 bits per heavy atom. The van der Waals surface area contributed by atoms with Crippen LogP contribution in [0.4, 0.5) is 0 Å². The third kappa shape index (κ3) is 1.91. The molecule has 1 heterocycles. The van der Waals surface area contributed by atoms with Gasteiger partial charge < -0.3 is 5.11 Å². The molecule has 20 heavy (non-hydrogen) atoms. The second kappa shape index (κ2) is 4.97. The summed E-state index contributed by atoms with van der Waals surface area (Å²) in [6.07, 6.45) is 4.36. The number of aliphatic hydroxyl groups is 1. The van der Waals surface area contributed by atoms with Crippen molar-refractivity contribution in [2.24, 2.45) is 0 Å². The highest BCUT2D eigenvalue weighted by Crippen LogP contribution is 2.39. The van der Waals surface area contributed by atoms with Crippen LogP contribution in [0.2, 0.25) is 0 Å². The van der Waals surface area contributed by atoms with Gasteiger partial charge in [-0.25, -0.2) is 0 Å². The maximum absolute atomic E-state index is 12.6. The number of aliphatic hydroxyl groups excluding tert-OH is 1. The molecule has 0 aromatic heterocycles. The van der Waals surface area contributed by atoms with Crippen molar-refractivity contribution in [3.05, 3.63) is 33.8 Å². The van der Waals surface area contributed by atoms with Crippen LogP contribution in [0.5, 0.6) is 0 Å². The van der Waals surface area contributed by atoms with Gasteiger partial charge in [-0.05, 0) is 31.0 Å². The van der Waals surface area contributed by atoms with E-state index >= 15 is 0 Å². The topological polar surface area (TPSA) is 57.6 Å². The number of fused-ring (bicyclic) bond motifs is 1. The minimum atomic E-state index is -0.710. The predicted molar refractivity (Wildman–Crippen MR) is 77.5 cm³/mol. The van der Waals surface area contributed by atoms with Crippen molar-refractivity contribution < 1.29 is 14.7 Å². The summed E-state index contributed by atoms with van der Waals surface area (Å²) in [5.74, 6) is -0.546. The molecule has 0 bridgehead atoms. The van der Waals surface area contributed by atoms with Crippen LogP contribution in [0.3, 0.4) is 0 Å². The van der Waals surface area contributed by atoms with Crippen molar-refractivity contribution in [1.82, 2.24) is 4.90 Å². The molecular weight excluding hydrogens is 322 g/mol. The molecule has 1 aliphatic heterocycles. The van der Waals surface area contributed by atoms with E-state index in [1.165, 1.54) is 4.90 Å². The van der Waals surface area contributed by atoms with Crippen LogP contribution in [-0.4, -0.2) is 34.0 Å². The van der Waals surface area contributed by atoms with Crippen LogP contribution in [0.15, 0.2) is 22.7 Å². The number of hydrogen-bond acceptors (Lipinski definition) is 3. The van der Waals surface area contributed by atoms with Crippen molar-refractivity contribution >= 4 is 27.7 Å². The molecule has 2 amide bonds. The van der Waals surface area contributed by atoms with Gasteiger partial charge in [-0.15, -0.1) is 0 Å². The molecule has 1 saturated carbocycles. The zero-order chi connectivity index (χ0) is 14.3. The molecule has 1 aliphatic carbocycles. The third-order valence-electron chi connectivity index (χ3n) is 4.40. The lowest BCUT2D eigenvalue weighted by molar-refractivity contribution is 0.0114. The lowest BCUT2D eigenvalue weighted by Crippen LogP contribution is -2.55. The molecule has 0 atom stereocenters. The summed E-state index contributed by atoms with van der Waals surface area (Å²) in [6.45, 7) is -0.153. The van der Waals surface area contributed by atoms with E-state index in [1.807, 2.05) is 0 Å². The molecule has 4 nitrogen and oxygen atoms in total. The van der Waals surface area contributed by atoms with Crippen LogP contribution in [0.1, 0.15) is 52.8 Å². The molecule has 106 valence electrons. The molecule has 0 radical (unpaired) electrons. The fourth-order valence-corrected chi connectivity index (χ4v) is 3.67. The molecular formula is C15H16BrNO3. The highest BCUT2D eigenvalue weighted by Gasteiger charge is 2.49. The molecule has 5 heteroatoms. The molecule has 1 N–H and O–H groups in total. The van der Waals surface area contributed by atoms with Crippen molar-refractivity contribution in [2.75, 3.05) is 6.61 Å². The highest BCUT2D eigenvalue weighted by molar-refractivity contribution is 9.10. The summed E-state index contributed by atoms with van der Waals surface area (Å²) in [4.78, 5) is 26.5. The summed E-state index contributed by atoms with van der Waals surface area (Å²) in [5, 5.41) is 9.82. The number of rotatable bonds is 2. The third-order valence-corrected chi connectivity index (χ3v) is 4.89. The minimum absolute atomic E-state index is 0.153. The van der Waals surface area contributed by atoms with Crippen molar-refractivity contribution in [3.63, 3.8) is 0 Å². The predicted octanol–water partition coefficient (Wildman–Crippen LogP) is 2.74. The number of halogens is 1. The van der Waals surface area contributed by atoms with Gasteiger partial charge >= 0.3 is 0 Å². The fourth-order valence-electron chi connectivity index (χ4n) is 3.31. The number of nitrogens with zero attached hydrogens (tertiary/aromatic N) is 1. The first-order valence-corrected chi connectivity index (χ1v) is 7.68. The van der Waals surface area contributed by atoms with E-state index in [4.69, 9.17) is 0 Å². The second-order valence-electron chi connectivity index (χ2n) is 5.58. The molecule has 0 spiro atoms. The number of imide groups is 1. The van der Waals surface area contributed by atoms with Gasteiger partial charge in [0.25, 0.3) is 11.8 Å². The highest BCUT2D eigenvalue weighted by atomic mass is 79.9. The van der Waals surface area contributed by atoms with E-state index in [0.29, 0.717) is 24.0 Å². The van der Waals surface area contributed by atoms with Gasteiger partial charge in [0.05, 0.1) is 23.3 Å². The van der Waals surface area contributed by atoms with Crippen LogP contribution in [-0.2, 0) is 0 Å². The largest absolute Gasteiger partial charge is 0.394 e. The van der Waals surface area contributed by atoms with E-state index in [2.05, 4.69) is 15.9 Å². The lowest BCUT2D eigenvalue weighted by atomic mass is 9.81. The van der Waals surface area contributed by atoms with E-state index in [1.54, 1.807) is 18.2 Å². The molecule has 2 aliphatic rings. The van der Waals surface area contributed by atoms with Crippen molar-refractivity contribution in [1.29, 1.82) is 0 Å². The number of carbonyl (C=O) groups is 2. The minimum Gasteiger partial charge on any atom is -0.394 e. The van der Waals surface area contributed by atoms with Gasteiger partial charge in [0, 0.05) is 4.47 Å². The van der Waals surface area contributed by atoms with Gasteiger partial charge in [-0.2, -0.15) is 0 Å². The Morgan fingerprint density at radius 2 is 1.75 bits per heavy atom. The molecule has 1 fully saturated rings. The SMILES string of the molecule is O=C1c2ccc(Br)cc2C(=O)N1C1(CO)CCCCC1. The Bertz CT molecular complexity index is 578. The Hall–Kier alpha value is -1.20. The van der Waals surface area contributed by atoms with Gasteiger partial charge in [-0.3, -0.25) is 14.5 Å². The zero-order valence-corrected chi connectivity index (χ0v) is 12.6. The van der Waals surface area contributed by atoms with Gasteiger partial charge in [0.2, 0.25) is 0 Å². The number of amides is 2. The summed E-state index contributed by atoms with van der Waals surface area (Å²) in [7, 11) is 0. The summed E-state index contributed by atoms with van der Waals surface area (Å²) in [5.41, 5.74) is 0.164. The van der Waals surface area contributed by atoms with E-state index in [9.17, 15) is 14.7 Å². The maximum Gasteiger partial charge on any atom is 0.262 e. The van der Waals surface area contributed by atoms with Gasteiger partial charge in [0.15, 0.2) is 0 Å². The standard InChI is InChI=1S/C15H16BrNO3/c16-10-4-5-11-12(8-10)14(20)17(13(11)19)15(9-18)6-2-1-3-7-15/h4-5,8,18H,1-3,6-7,9H2. The van der Waals surface area contributed by atoms with E-state index < -0.39 is 5.54 Å². The van der Waals surface area contributed by atoms with Crippen molar-refractivity contribution in [3.8, 4) is 0 Å².